The monoisotopic (exact) mass is 235 g/mol. The third kappa shape index (κ3) is 2.55. The van der Waals surface area contributed by atoms with Crippen LogP contribution in [-0.2, 0) is 11.8 Å². The van der Waals surface area contributed by atoms with Crippen molar-refractivity contribution in [2.24, 2.45) is 18.7 Å². The van der Waals surface area contributed by atoms with Gasteiger partial charge in [-0.25, -0.2) is 0 Å². The normalized spacial score (nSPS) is 23.6. The minimum Gasteiger partial charge on any atom is -0.327 e. The first-order valence-corrected chi connectivity index (χ1v) is 5.81. The zero-order chi connectivity index (χ0) is 12.4. The van der Waals surface area contributed by atoms with Gasteiger partial charge in [-0.1, -0.05) is 6.42 Å². The number of amides is 1. The first-order valence-electron chi connectivity index (χ1n) is 5.81. The molecule has 2 atom stereocenters. The van der Waals surface area contributed by atoms with Crippen molar-refractivity contribution < 1.29 is 4.79 Å². The third-order valence-electron chi connectivity index (χ3n) is 3.26. The third-order valence-corrected chi connectivity index (χ3v) is 3.26. The van der Waals surface area contributed by atoms with Crippen molar-refractivity contribution in [2.45, 2.75) is 25.3 Å². The molecule has 0 spiro atoms. The summed E-state index contributed by atoms with van der Waals surface area (Å²) in [6, 6.07) is 3.01. The number of nitrogens with one attached hydrogen (secondary N) is 1. The SMILES string of the molecule is Cn1cc(NC(=O)C2CCCC2N)ccc1=O. The van der Waals surface area contributed by atoms with Gasteiger partial charge in [0.05, 0.1) is 11.6 Å². The van der Waals surface area contributed by atoms with Crippen molar-refractivity contribution in [1.82, 2.24) is 4.57 Å². The van der Waals surface area contributed by atoms with E-state index in [-0.39, 0.29) is 23.4 Å². The highest BCUT2D eigenvalue weighted by atomic mass is 16.2. The number of aryl methyl sites for hydroxylation is 1. The van der Waals surface area contributed by atoms with E-state index in [1.807, 2.05) is 0 Å². The Morgan fingerprint density at radius 3 is 2.82 bits per heavy atom. The van der Waals surface area contributed by atoms with Crippen LogP contribution in [0.5, 0.6) is 0 Å². The number of hydrogen-bond acceptors (Lipinski definition) is 3. The minimum atomic E-state index is -0.104. The smallest absolute Gasteiger partial charge is 0.250 e. The Labute approximate surface area is 99.6 Å². The van der Waals surface area contributed by atoms with Gasteiger partial charge in [-0.05, 0) is 18.9 Å². The summed E-state index contributed by atoms with van der Waals surface area (Å²) in [5.74, 6) is -0.152. The Morgan fingerprint density at radius 1 is 1.47 bits per heavy atom. The molecule has 1 saturated carbocycles. The van der Waals surface area contributed by atoms with Crippen molar-refractivity contribution in [3.05, 3.63) is 28.7 Å². The van der Waals surface area contributed by atoms with E-state index in [0.717, 1.165) is 19.3 Å². The zero-order valence-corrected chi connectivity index (χ0v) is 9.85. The summed E-state index contributed by atoms with van der Waals surface area (Å²) < 4.78 is 1.43. The first kappa shape index (κ1) is 11.9. The van der Waals surface area contributed by atoms with Crippen molar-refractivity contribution >= 4 is 11.6 Å². The molecule has 0 aliphatic heterocycles. The van der Waals surface area contributed by atoms with Crippen LogP contribution in [0.15, 0.2) is 23.1 Å². The maximum absolute atomic E-state index is 11.9. The maximum Gasteiger partial charge on any atom is 0.250 e. The second kappa shape index (κ2) is 4.71. The Kier molecular flexibility index (Phi) is 3.28. The van der Waals surface area contributed by atoms with E-state index in [4.69, 9.17) is 5.73 Å². The van der Waals surface area contributed by atoms with Crippen molar-refractivity contribution in [2.75, 3.05) is 5.32 Å². The van der Waals surface area contributed by atoms with Gasteiger partial charge < -0.3 is 15.6 Å². The topological polar surface area (TPSA) is 77.1 Å². The molecule has 5 heteroatoms. The molecule has 92 valence electrons. The van der Waals surface area contributed by atoms with Gasteiger partial charge in [0.25, 0.3) is 0 Å². The second-order valence-electron chi connectivity index (χ2n) is 4.56. The maximum atomic E-state index is 11.9. The van der Waals surface area contributed by atoms with Gasteiger partial charge in [-0.3, -0.25) is 9.59 Å². The first-order chi connectivity index (χ1) is 8.08. The molecule has 2 unspecified atom stereocenters. The van der Waals surface area contributed by atoms with Crippen LogP contribution in [-0.4, -0.2) is 16.5 Å². The van der Waals surface area contributed by atoms with E-state index in [0.29, 0.717) is 5.69 Å². The van der Waals surface area contributed by atoms with Crippen LogP contribution in [0.2, 0.25) is 0 Å². The van der Waals surface area contributed by atoms with E-state index in [1.54, 1.807) is 19.3 Å². The summed E-state index contributed by atoms with van der Waals surface area (Å²) in [6.45, 7) is 0. The molecule has 3 N–H and O–H groups in total. The summed E-state index contributed by atoms with van der Waals surface area (Å²) in [4.78, 5) is 23.1. The quantitative estimate of drug-likeness (QED) is 0.781. The summed E-state index contributed by atoms with van der Waals surface area (Å²) in [5.41, 5.74) is 6.41. The largest absolute Gasteiger partial charge is 0.327 e. The van der Waals surface area contributed by atoms with E-state index in [9.17, 15) is 9.59 Å². The number of rotatable bonds is 2. The molecule has 2 rings (SSSR count). The molecule has 5 nitrogen and oxygen atoms in total. The lowest BCUT2D eigenvalue weighted by atomic mass is 10.0. The summed E-state index contributed by atoms with van der Waals surface area (Å²) in [7, 11) is 1.65. The second-order valence-corrected chi connectivity index (χ2v) is 4.56. The number of nitrogens with zero attached hydrogens (tertiary/aromatic N) is 1. The number of anilines is 1. The molecule has 1 aliphatic carbocycles. The van der Waals surface area contributed by atoms with Crippen LogP contribution in [0.25, 0.3) is 0 Å². The summed E-state index contributed by atoms with van der Waals surface area (Å²) >= 11 is 0. The lowest BCUT2D eigenvalue weighted by molar-refractivity contribution is -0.120. The van der Waals surface area contributed by atoms with Gasteiger partial charge >= 0.3 is 0 Å². The fourth-order valence-electron chi connectivity index (χ4n) is 2.22. The van der Waals surface area contributed by atoms with Gasteiger partial charge in [0, 0.05) is 25.4 Å². The van der Waals surface area contributed by atoms with Gasteiger partial charge in [-0.15, -0.1) is 0 Å². The molecule has 1 aromatic heterocycles. The average molecular weight is 235 g/mol. The Morgan fingerprint density at radius 2 is 2.24 bits per heavy atom. The van der Waals surface area contributed by atoms with Crippen LogP contribution in [0.4, 0.5) is 5.69 Å². The predicted octanol–water partition coefficient (Wildman–Crippen LogP) is 0.451. The van der Waals surface area contributed by atoms with Gasteiger partial charge in [0.2, 0.25) is 11.5 Å². The van der Waals surface area contributed by atoms with Crippen LogP contribution >= 0.6 is 0 Å². The van der Waals surface area contributed by atoms with Gasteiger partial charge in [0.1, 0.15) is 0 Å². The molecular formula is C12H17N3O2. The fourth-order valence-corrected chi connectivity index (χ4v) is 2.22. The lowest BCUT2D eigenvalue weighted by Crippen LogP contribution is -2.34. The lowest BCUT2D eigenvalue weighted by Gasteiger charge is -2.15. The highest BCUT2D eigenvalue weighted by Crippen LogP contribution is 2.25. The molecule has 1 aromatic rings. The number of pyridine rings is 1. The van der Waals surface area contributed by atoms with Crippen LogP contribution in [0.1, 0.15) is 19.3 Å². The Hall–Kier alpha value is -1.62. The van der Waals surface area contributed by atoms with E-state index < -0.39 is 0 Å². The Balaban J connectivity index is 2.07. The van der Waals surface area contributed by atoms with E-state index in [1.165, 1.54) is 10.6 Å². The molecule has 1 heterocycles. The molecule has 17 heavy (non-hydrogen) atoms. The Bertz CT molecular complexity index is 481. The van der Waals surface area contributed by atoms with Crippen LogP contribution in [0, 0.1) is 5.92 Å². The zero-order valence-electron chi connectivity index (χ0n) is 9.85. The molecule has 0 radical (unpaired) electrons. The van der Waals surface area contributed by atoms with Crippen molar-refractivity contribution in [3.63, 3.8) is 0 Å². The van der Waals surface area contributed by atoms with Gasteiger partial charge in [0.15, 0.2) is 0 Å². The standard InChI is InChI=1S/C12H17N3O2/c1-15-7-8(5-6-11(15)16)14-12(17)9-3-2-4-10(9)13/h5-7,9-10H,2-4,13H2,1H3,(H,14,17). The van der Waals surface area contributed by atoms with Crippen LogP contribution < -0.4 is 16.6 Å². The van der Waals surface area contributed by atoms with Gasteiger partial charge in [-0.2, -0.15) is 0 Å². The molecule has 0 aromatic carbocycles. The van der Waals surface area contributed by atoms with E-state index in [2.05, 4.69) is 5.32 Å². The molecular weight excluding hydrogens is 218 g/mol. The highest BCUT2D eigenvalue weighted by molar-refractivity contribution is 5.93. The summed E-state index contributed by atoms with van der Waals surface area (Å²) in [5, 5.41) is 2.80. The molecule has 1 fully saturated rings. The number of carbonyl (C=O) groups excluding carboxylic acids is 1. The number of hydrogen-bond donors (Lipinski definition) is 2. The molecule has 0 saturated heterocycles. The van der Waals surface area contributed by atoms with Crippen LogP contribution in [0.3, 0.4) is 0 Å². The minimum absolute atomic E-state index is 0.0393. The molecule has 1 amide bonds. The van der Waals surface area contributed by atoms with E-state index >= 15 is 0 Å². The number of carbonyl (C=O) groups is 1. The van der Waals surface area contributed by atoms with Crippen molar-refractivity contribution in [3.8, 4) is 0 Å². The molecule has 1 aliphatic rings. The fraction of sp³-hybridized carbons (Fsp3) is 0.500. The average Bonchev–Trinajstić information content (AvgIpc) is 2.70. The number of aromatic nitrogens is 1. The highest BCUT2D eigenvalue weighted by Gasteiger charge is 2.30. The predicted molar refractivity (Wildman–Crippen MR) is 65.6 cm³/mol. The summed E-state index contributed by atoms with van der Waals surface area (Å²) in [6.07, 6.45) is 4.37. The van der Waals surface area contributed by atoms with Crippen molar-refractivity contribution in [1.29, 1.82) is 0 Å². The number of nitrogens with two attached hydrogens (primary N) is 1. The molecule has 0 bridgehead atoms.